The van der Waals surface area contributed by atoms with E-state index in [1.807, 2.05) is 81.4 Å². The Balaban J connectivity index is 1.47. The number of amides is 2. The lowest BCUT2D eigenvalue weighted by Gasteiger charge is -2.23. The van der Waals surface area contributed by atoms with E-state index in [1.54, 1.807) is 23.1 Å². The number of thiocarbonyl (C=S) groups is 1. The number of nitrogens with one attached hydrogen (secondary N) is 1. The summed E-state index contributed by atoms with van der Waals surface area (Å²) < 4.78 is 12.1. The van der Waals surface area contributed by atoms with Crippen molar-refractivity contribution in [1.82, 2.24) is 4.90 Å². The van der Waals surface area contributed by atoms with E-state index in [0.717, 1.165) is 22.4 Å². The van der Waals surface area contributed by atoms with Crippen molar-refractivity contribution in [2.75, 3.05) is 18.5 Å². The molecule has 6 nitrogen and oxygen atoms in total. The summed E-state index contributed by atoms with van der Waals surface area (Å²) in [5.41, 5.74) is 3.51. The molecular formula is C29H28N2O4S2. The first kappa shape index (κ1) is 26.4. The number of thioether (sulfide) groups is 1. The van der Waals surface area contributed by atoms with Crippen LogP contribution in [-0.4, -0.2) is 34.2 Å². The Labute approximate surface area is 226 Å². The third kappa shape index (κ3) is 6.39. The zero-order chi connectivity index (χ0) is 26.4. The van der Waals surface area contributed by atoms with Crippen LogP contribution < -0.4 is 14.8 Å². The van der Waals surface area contributed by atoms with Gasteiger partial charge < -0.3 is 14.8 Å². The van der Waals surface area contributed by atoms with Crippen LogP contribution in [0.5, 0.6) is 11.5 Å². The van der Waals surface area contributed by atoms with Crippen LogP contribution in [0.3, 0.4) is 0 Å². The number of rotatable bonds is 9. The molecule has 0 aliphatic carbocycles. The van der Waals surface area contributed by atoms with E-state index >= 15 is 0 Å². The molecular weight excluding hydrogens is 504 g/mol. The summed E-state index contributed by atoms with van der Waals surface area (Å²) in [4.78, 5) is 27.8. The molecule has 2 amide bonds. The minimum atomic E-state index is -0.267. The number of carbonyl (C=O) groups is 2. The van der Waals surface area contributed by atoms with Gasteiger partial charge in [0.25, 0.3) is 11.8 Å². The molecule has 37 heavy (non-hydrogen) atoms. The van der Waals surface area contributed by atoms with Gasteiger partial charge in [-0.2, -0.15) is 0 Å². The Bertz CT molecular complexity index is 1340. The molecule has 1 heterocycles. The van der Waals surface area contributed by atoms with Gasteiger partial charge in [-0.15, -0.1) is 0 Å². The lowest BCUT2D eigenvalue weighted by Crippen LogP contribution is -2.30. The zero-order valence-corrected chi connectivity index (χ0v) is 22.5. The number of anilines is 1. The van der Waals surface area contributed by atoms with Crippen molar-refractivity contribution in [3.05, 3.63) is 94.4 Å². The summed E-state index contributed by atoms with van der Waals surface area (Å²) in [6.45, 7) is 6.03. The maximum absolute atomic E-state index is 13.2. The minimum Gasteiger partial charge on any atom is -0.490 e. The molecule has 1 saturated heterocycles. The van der Waals surface area contributed by atoms with Crippen LogP contribution >= 0.6 is 24.0 Å². The van der Waals surface area contributed by atoms with Gasteiger partial charge in [0.2, 0.25) is 0 Å². The predicted molar refractivity (Wildman–Crippen MR) is 153 cm³/mol. The largest absolute Gasteiger partial charge is 0.490 e. The van der Waals surface area contributed by atoms with E-state index in [1.165, 1.54) is 11.8 Å². The number of hydrogen-bond donors (Lipinski definition) is 1. The molecule has 0 spiro atoms. The van der Waals surface area contributed by atoms with E-state index in [9.17, 15) is 9.59 Å². The van der Waals surface area contributed by atoms with Gasteiger partial charge in [0.15, 0.2) is 18.1 Å². The zero-order valence-electron chi connectivity index (χ0n) is 20.9. The SMILES string of the molecule is CCOc1cc(/C=C2\SC(=S)N([C@H](C)c3ccccc3)C2=O)ccc1OCC(=O)Nc1ccccc1C. The average molecular weight is 533 g/mol. The third-order valence-electron chi connectivity index (χ3n) is 5.84. The van der Waals surface area contributed by atoms with Crippen molar-refractivity contribution < 1.29 is 19.1 Å². The van der Waals surface area contributed by atoms with Crippen molar-refractivity contribution in [2.45, 2.75) is 26.8 Å². The Hall–Kier alpha value is -3.62. The van der Waals surface area contributed by atoms with Crippen LogP contribution in [0.25, 0.3) is 6.08 Å². The highest BCUT2D eigenvalue weighted by Crippen LogP contribution is 2.39. The second-order valence-corrected chi connectivity index (χ2v) is 10.1. The molecule has 190 valence electrons. The third-order valence-corrected chi connectivity index (χ3v) is 7.17. The summed E-state index contributed by atoms with van der Waals surface area (Å²) >= 11 is 6.82. The fourth-order valence-corrected chi connectivity index (χ4v) is 5.31. The first-order chi connectivity index (χ1) is 17.9. The molecule has 1 atom stereocenters. The molecule has 0 saturated carbocycles. The van der Waals surface area contributed by atoms with Crippen LogP contribution in [0.15, 0.2) is 77.7 Å². The lowest BCUT2D eigenvalue weighted by molar-refractivity contribution is -0.123. The van der Waals surface area contributed by atoms with Crippen LogP contribution in [0.4, 0.5) is 5.69 Å². The smallest absolute Gasteiger partial charge is 0.266 e. The summed E-state index contributed by atoms with van der Waals surface area (Å²) in [5, 5.41) is 2.85. The number of hydrogen-bond acceptors (Lipinski definition) is 6. The molecule has 0 radical (unpaired) electrons. The van der Waals surface area contributed by atoms with E-state index in [0.29, 0.717) is 27.3 Å². The quantitative estimate of drug-likeness (QED) is 0.255. The van der Waals surface area contributed by atoms with Gasteiger partial charge in [0.05, 0.1) is 17.6 Å². The van der Waals surface area contributed by atoms with Crippen molar-refractivity contribution in [1.29, 1.82) is 0 Å². The van der Waals surface area contributed by atoms with Gasteiger partial charge in [0, 0.05) is 5.69 Å². The van der Waals surface area contributed by atoms with E-state index < -0.39 is 0 Å². The van der Waals surface area contributed by atoms with Crippen molar-refractivity contribution in [2.24, 2.45) is 0 Å². The van der Waals surface area contributed by atoms with Crippen molar-refractivity contribution >= 4 is 51.9 Å². The molecule has 1 aliphatic heterocycles. The van der Waals surface area contributed by atoms with Gasteiger partial charge in [-0.3, -0.25) is 14.5 Å². The van der Waals surface area contributed by atoms with Crippen LogP contribution in [0.1, 0.15) is 36.6 Å². The van der Waals surface area contributed by atoms with Crippen LogP contribution in [-0.2, 0) is 9.59 Å². The number of para-hydroxylation sites is 1. The second kappa shape index (κ2) is 12.1. The highest BCUT2D eigenvalue weighted by atomic mass is 32.2. The molecule has 0 bridgehead atoms. The van der Waals surface area contributed by atoms with Gasteiger partial charge in [-0.05, 0) is 61.7 Å². The predicted octanol–water partition coefficient (Wildman–Crippen LogP) is 6.37. The Morgan fingerprint density at radius 2 is 1.78 bits per heavy atom. The Morgan fingerprint density at radius 3 is 2.51 bits per heavy atom. The van der Waals surface area contributed by atoms with Crippen molar-refractivity contribution in [3.63, 3.8) is 0 Å². The first-order valence-corrected chi connectivity index (χ1v) is 13.2. The summed E-state index contributed by atoms with van der Waals surface area (Å²) in [6, 6.07) is 22.6. The summed E-state index contributed by atoms with van der Waals surface area (Å²) in [7, 11) is 0. The van der Waals surface area contributed by atoms with E-state index in [-0.39, 0.29) is 24.5 Å². The van der Waals surface area contributed by atoms with Crippen LogP contribution in [0.2, 0.25) is 0 Å². The highest BCUT2D eigenvalue weighted by Gasteiger charge is 2.35. The number of aryl methyl sites for hydroxylation is 1. The molecule has 3 aromatic carbocycles. The van der Waals surface area contributed by atoms with E-state index in [2.05, 4.69) is 5.32 Å². The fraction of sp³-hybridized carbons (Fsp3) is 0.207. The average Bonchev–Trinajstić information content (AvgIpc) is 3.17. The molecule has 0 aromatic heterocycles. The lowest BCUT2D eigenvalue weighted by atomic mass is 10.1. The van der Waals surface area contributed by atoms with Gasteiger partial charge in [-0.25, -0.2) is 0 Å². The molecule has 4 rings (SSSR count). The second-order valence-electron chi connectivity index (χ2n) is 8.43. The van der Waals surface area contributed by atoms with Crippen molar-refractivity contribution in [3.8, 4) is 11.5 Å². The van der Waals surface area contributed by atoms with Gasteiger partial charge >= 0.3 is 0 Å². The Kier molecular flexibility index (Phi) is 8.63. The molecule has 1 aliphatic rings. The van der Waals surface area contributed by atoms with Crippen LogP contribution in [0, 0.1) is 6.92 Å². The van der Waals surface area contributed by atoms with E-state index in [4.69, 9.17) is 21.7 Å². The molecule has 1 fully saturated rings. The number of benzene rings is 3. The normalized spacial score (nSPS) is 15.1. The maximum atomic E-state index is 13.2. The molecule has 0 unspecified atom stereocenters. The molecule has 8 heteroatoms. The van der Waals surface area contributed by atoms with Gasteiger partial charge in [-0.1, -0.05) is 78.6 Å². The van der Waals surface area contributed by atoms with Gasteiger partial charge in [0.1, 0.15) is 4.32 Å². The fourth-order valence-electron chi connectivity index (χ4n) is 3.89. The number of ether oxygens (including phenoxy) is 2. The topological polar surface area (TPSA) is 67.9 Å². The standard InChI is InChI=1S/C29H28N2O4S2/c1-4-34-25-16-21(14-15-24(25)35-18-27(32)30-23-13-9-8-10-19(23)2)17-26-28(33)31(29(36)37-26)20(3)22-11-6-5-7-12-22/h5-17,20H,4,18H2,1-3H3,(H,30,32)/b26-17-/t20-/m1/s1. The summed E-state index contributed by atoms with van der Waals surface area (Å²) in [6.07, 6.45) is 1.80. The monoisotopic (exact) mass is 532 g/mol. The minimum absolute atomic E-state index is 0.127. The first-order valence-electron chi connectivity index (χ1n) is 11.9. The maximum Gasteiger partial charge on any atom is 0.266 e. The highest BCUT2D eigenvalue weighted by molar-refractivity contribution is 8.26. The molecule has 3 aromatic rings. The number of nitrogens with zero attached hydrogens (tertiary/aromatic N) is 1. The number of carbonyl (C=O) groups excluding carboxylic acids is 2. The molecule has 1 N–H and O–H groups in total. The summed E-state index contributed by atoms with van der Waals surface area (Å²) in [5.74, 6) is 0.548. The Morgan fingerprint density at radius 1 is 1.05 bits per heavy atom.